The molecule has 12 nitrogen and oxygen atoms in total. The number of likely N-dealkylation sites (N-methyl/N-ethyl adjacent to an activating group) is 1. The minimum absolute atomic E-state index is 0.0609. The van der Waals surface area contributed by atoms with Gasteiger partial charge < -0.3 is 33.9 Å². The Balaban J connectivity index is 1.49. The van der Waals surface area contributed by atoms with Gasteiger partial charge in [-0.25, -0.2) is 4.98 Å². The fourth-order valence-corrected chi connectivity index (χ4v) is 4.05. The maximum absolute atomic E-state index is 11.7. The van der Waals surface area contributed by atoms with Crippen LogP contribution in [0.25, 0.3) is 0 Å². The van der Waals surface area contributed by atoms with E-state index in [0.29, 0.717) is 37.7 Å². The average Bonchev–Trinajstić information content (AvgIpc) is 3.42. The van der Waals surface area contributed by atoms with Crippen molar-refractivity contribution in [1.29, 1.82) is 0 Å². The number of nitro groups is 1. The third kappa shape index (κ3) is 5.15. The molecule has 0 amide bonds. The number of anilines is 3. The highest BCUT2D eigenvalue weighted by atomic mass is 35.5. The molecule has 0 radical (unpaired) electrons. The average molecular weight is 496 g/mol. The van der Waals surface area contributed by atoms with Gasteiger partial charge >= 0.3 is 0 Å². The molecule has 1 N–H and O–H groups in total. The van der Waals surface area contributed by atoms with Gasteiger partial charge in [0.1, 0.15) is 29.0 Å². The topological polar surface area (TPSA) is 130 Å². The van der Waals surface area contributed by atoms with E-state index in [0.717, 1.165) is 0 Å². The molecular weight excluding hydrogens is 470 g/mol. The summed E-state index contributed by atoms with van der Waals surface area (Å²) in [6.45, 7) is 1.68. The Labute approximate surface area is 201 Å². The zero-order valence-electron chi connectivity index (χ0n) is 19.0. The third-order valence-electron chi connectivity index (χ3n) is 5.71. The number of aromatic nitrogens is 2. The Kier molecular flexibility index (Phi) is 7.63. The lowest BCUT2D eigenvalue weighted by atomic mass is 10.1. The number of rotatable bonds is 10. The van der Waals surface area contributed by atoms with E-state index < -0.39 is 11.0 Å². The number of nitro benzene ring substituents is 1. The normalized spacial score (nSPS) is 23.5. The zero-order chi connectivity index (χ0) is 24.2. The van der Waals surface area contributed by atoms with Crippen LogP contribution in [0.1, 0.15) is 0 Å². The van der Waals surface area contributed by atoms with Crippen molar-refractivity contribution in [2.75, 3.05) is 57.8 Å². The maximum Gasteiger partial charge on any atom is 0.294 e. The fraction of sp³-hybridized carbons (Fsp3) is 0.524. The smallest absolute Gasteiger partial charge is 0.294 e. The number of fused-ring (bicyclic) bond motifs is 1. The second-order valence-corrected chi connectivity index (χ2v) is 8.28. The number of hydrogen-bond donors (Lipinski definition) is 1. The predicted molar refractivity (Wildman–Crippen MR) is 123 cm³/mol. The first-order valence-electron chi connectivity index (χ1n) is 10.6. The lowest BCUT2D eigenvalue weighted by Gasteiger charge is -2.19. The molecule has 2 fully saturated rings. The van der Waals surface area contributed by atoms with E-state index in [1.165, 1.54) is 12.3 Å². The first kappa shape index (κ1) is 24.4. The molecule has 1 aromatic carbocycles. The van der Waals surface area contributed by atoms with Gasteiger partial charge in [0.15, 0.2) is 6.10 Å². The zero-order valence-corrected chi connectivity index (χ0v) is 19.7. The first-order valence-corrected chi connectivity index (χ1v) is 11.0. The van der Waals surface area contributed by atoms with Gasteiger partial charge in [0.2, 0.25) is 11.8 Å². The van der Waals surface area contributed by atoms with E-state index in [4.69, 9.17) is 35.3 Å². The molecule has 0 unspecified atom stereocenters. The Morgan fingerprint density at radius 3 is 2.71 bits per heavy atom. The van der Waals surface area contributed by atoms with Crippen LogP contribution in [0.3, 0.4) is 0 Å². The van der Waals surface area contributed by atoms with Gasteiger partial charge in [-0.3, -0.25) is 10.1 Å². The number of nitrogens with one attached hydrogen (secondary N) is 1. The molecule has 2 aromatic rings. The lowest BCUT2D eigenvalue weighted by molar-refractivity contribution is -0.384. The van der Waals surface area contributed by atoms with Crippen molar-refractivity contribution < 1.29 is 28.6 Å². The van der Waals surface area contributed by atoms with E-state index in [1.807, 2.05) is 0 Å². The number of benzene rings is 1. The molecule has 184 valence electrons. The van der Waals surface area contributed by atoms with Crippen LogP contribution >= 0.6 is 11.6 Å². The molecule has 3 heterocycles. The van der Waals surface area contributed by atoms with Crippen LogP contribution in [0.2, 0.25) is 5.02 Å². The third-order valence-corrected chi connectivity index (χ3v) is 5.97. The summed E-state index contributed by atoms with van der Waals surface area (Å²) in [5, 5.41) is 14.8. The monoisotopic (exact) mass is 495 g/mol. The standard InChI is InChI=1S/C21H26ClN5O7/c1-26(6-7-30-2)14-5-4-12(8-15(14)27(28)29)24-21-23-9-13(22)20(25-21)34-17-11-33-18-16(31-3)10-32-19(17)18/h4-5,8-9,16-19H,6-7,10-11H2,1-3H3,(H,23,24,25)/t16-,17-,18-,19-/m1/s1. The highest BCUT2D eigenvalue weighted by molar-refractivity contribution is 6.31. The number of nitrogens with zero attached hydrogens (tertiary/aromatic N) is 4. The molecular formula is C21H26ClN5O7. The van der Waals surface area contributed by atoms with E-state index in [1.54, 1.807) is 38.3 Å². The molecule has 0 bridgehead atoms. The Bertz CT molecular complexity index is 1030. The maximum atomic E-state index is 11.7. The number of ether oxygens (including phenoxy) is 5. The summed E-state index contributed by atoms with van der Waals surface area (Å²) in [5.41, 5.74) is 0.847. The van der Waals surface area contributed by atoms with Crippen molar-refractivity contribution >= 4 is 34.6 Å². The molecule has 2 aliphatic rings. The number of methoxy groups -OCH3 is 2. The van der Waals surface area contributed by atoms with Crippen LogP contribution in [0.15, 0.2) is 24.4 Å². The molecule has 2 saturated heterocycles. The molecule has 0 saturated carbocycles. The molecule has 4 atom stereocenters. The van der Waals surface area contributed by atoms with Crippen molar-refractivity contribution in [3.63, 3.8) is 0 Å². The molecule has 0 spiro atoms. The summed E-state index contributed by atoms with van der Waals surface area (Å²) in [4.78, 5) is 21.5. The van der Waals surface area contributed by atoms with E-state index in [-0.39, 0.29) is 40.9 Å². The van der Waals surface area contributed by atoms with Crippen molar-refractivity contribution in [2.24, 2.45) is 0 Å². The van der Waals surface area contributed by atoms with E-state index in [2.05, 4.69) is 15.3 Å². The van der Waals surface area contributed by atoms with Gasteiger partial charge in [0.05, 0.1) is 30.9 Å². The summed E-state index contributed by atoms with van der Waals surface area (Å²) in [7, 11) is 4.96. The lowest BCUT2D eigenvalue weighted by Crippen LogP contribution is -2.35. The van der Waals surface area contributed by atoms with Crippen molar-refractivity contribution in [1.82, 2.24) is 9.97 Å². The van der Waals surface area contributed by atoms with E-state index in [9.17, 15) is 10.1 Å². The fourth-order valence-electron chi connectivity index (χ4n) is 3.92. The quantitative estimate of drug-likeness (QED) is 0.385. The molecule has 13 heteroatoms. The summed E-state index contributed by atoms with van der Waals surface area (Å²) in [6.07, 6.45) is 0.332. The van der Waals surface area contributed by atoms with Crippen molar-refractivity contribution in [2.45, 2.75) is 24.4 Å². The van der Waals surface area contributed by atoms with Gasteiger partial charge in [0, 0.05) is 39.6 Å². The predicted octanol–water partition coefficient (Wildman–Crippen LogP) is 2.42. The van der Waals surface area contributed by atoms with Crippen molar-refractivity contribution in [3.05, 3.63) is 39.5 Å². The van der Waals surface area contributed by atoms with Crippen LogP contribution in [0.5, 0.6) is 5.88 Å². The van der Waals surface area contributed by atoms with Crippen LogP contribution in [0.4, 0.5) is 23.0 Å². The molecule has 34 heavy (non-hydrogen) atoms. The van der Waals surface area contributed by atoms with Gasteiger partial charge in [-0.05, 0) is 12.1 Å². The Morgan fingerprint density at radius 2 is 2.00 bits per heavy atom. The van der Waals surface area contributed by atoms with E-state index >= 15 is 0 Å². The van der Waals surface area contributed by atoms with Crippen LogP contribution < -0.4 is 15.0 Å². The minimum Gasteiger partial charge on any atom is -0.468 e. The molecule has 1 aromatic heterocycles. The second-order valence-electron chi connectivity index (χ2n) is 7.87. The van der Waals surface area contributed by atoms with Gasteiger partial charge in [0.25, 0.3) is 5.69 Å². The first-order chi connectivity index (χ1) is 16.4. The molecule has 0 aliphatic carbocycles. The summed E-state index contributed by atoms with van der Waals surface area (Å²) in [6, 6.07) is 4.78. The number of hydrogen-bond acceptors (Lipinski definition) is 11. The highest BCUT2D eigenvalue weighted by Crippen LogP contribution is 2.34. The van der Waals surface area contributed by atoms with Crippen molar-refractivity contribution in [3.8, 4) is 5.88 Å². The summed E-state index contributed by atoms with van der Waals surface area (Å²) < 4.78 is 28.0. The minimum atomic E-state index is -0.438. The summed E-state index contributed by atoms with van der Waals surface area (Å²) in [5.74, 6) is 0.329. The largest absolute Gasteiger partial charge is 0.468 e. The number of halogens is 1. The Morgan fingerprint density at radius 1 is 1.26 bits per heavy atom. The van der Waals surface area contributed by atoms with Gasteiger partial charge in [-0.2, -0.15) is 4.98 Å². The Hall–Kier alpha value is -2.77. The highest BCUT2D eigenvalue weighted by Gasteiger charge is 2.49. The van der Waals surface area contributed by atoms with Crippen LogP contribution in [-0.4, -0.2) is 86.9 Å². The molecule has 4 rings (SSSR count). The molecule has 2 aliphatic heterocycles. The summed E-state index contributed by atoms with van der Waals surface area (Å²) >= 11 is 6.25. The van der Waals surface area contributed by atoms with Crippen LogP contribution in [0, 0.1) is 10.1 Å². The van der Waals surface area contributed by atoms with Gasteiger partial charge in [-0.1, -0.05) is 11.6 Å². The SMILES string of the molecule is COCCN(C)c1ccc(Nc2ncc(Cl)c(O[C@@H]3CO[C@H]4[C@@H]3OC[C@H]4OC)n2)cc1[N+](=O)[O-]. The van der Waals surface area contributed by atoms with Gasteiger partial charge in [-0.15, -0.1) is 0 Å². The second kappa shape index (κ2) is 10.7. The van der Waals surface area contributed by atoms with Crippen LogP contribution in [-0.2, 0) is 18.9 Å².